The Morgan fingerprint density at radius 3 is 1.87 bits per heavy atom. The molecule has 7 aromatic carbocycles. The molecular formula is C59H52N2. The Hall–Kier alpha value is -5.86. The Balaban J connectivity index is 1.01. The van der Waals surface area contributed by atoms with Gasteiger partial charge in [-0.05, 0) is 174 Å². The van der Waals surface area contributed by atoms with Crippen LogP contribution in [0.4, 0.5) is 17.1 Å². The van der Waals surface area contributed by atoms with E-state index >= 15 is 0 Å². The van der Waals surface area contributed by atoms with E-state index in [0.29, 0.717) is 11.8 Å². The molecule has 7 aliphatic carbocycles. The lowest BCUT2D eigenvalue weighted by Gasteiger charge is -2.53. The zero-order valence-electron chi connectivity index (χ0n) is 35.0. The molecule has 5 atom stereocenters. The van der Waals surface area contributed by atoms with Crippen LogP contribution in [0.15, 0.2) is 158 Å². The van der Waals surface area contributed by atoms with Crippen molar-refractivity contribution < 1.29 is 0 Å². The SMILES string of the molecule is c1ccc(-n2c3ccccc3c3cc(N(c4ccc5c(c4)C4(CCCCC4)c4ccccc4-5)c4ccc5c(c4)C4(c6ccccc6-5)C5CCC6CC(C5)CC4C6)ccc32)cc1. The molecule has 5 fully saturated rings. The normalized spacial score (nSPS) is 24.9. The third-order valence-corrected chi connectivity index (χ3v) is 17.2. The number of fused-ring (bicyclic) bond motifs is 12. The van der Waals surface area contributed by atoms with Crippen LogP contribution in [-0.2, 0) is 10.8 Å². The largest absolute Gasteiger partial charge is 0.310 e. The van der Waals surface area contributed by atoms with Gasteiger partial charge in [0.05, 0.1) is 11.0 Å². The molecule has 0 radical (unpaired) electrons. The summed E-state index contributed by atoms with van der Waals surface area (Å²) >= 11 is 0. The Bertz CT molecular complexity index is 3060. The molecule has 61 heavy (non-hydrogen) atoms. The second-order valence-electron chi connectivity index (χ2n) is 19.9. The standard InChI is InChI=1S/C59H52N2/c1-3-13-42(14-4-1)61-56-20-10-7-17-50(56)51-35-43(25-28-57(51)61)60(44-23-26-48-46-15-5-8-18-52(46)58(54(48)36-44)29-11-2-12-30-58)45-24-27-49-47-16-6-9-19-53(47)59(55(49)37-45)40-22-21-38-31-39(33-40)34-41(59)32-38/h1,3-10,13-20,23-28,35-41H,2,11-12,21-22,29-34H2. The Kier molecular flexibility index (Phi) is 7.32. The molecule has 1 aromatic heterocycles. The minimum atomic E-state index is 0.0845. The van der Waals surface area contributed by atoms with E-state index in [0.717, 1.165) is 11.8 Å². The van der Waals surface area contributed by atoms with Crippen LogP contribution in [0.2, 0.25) is 0 Å². The van der Waals surface area contributed by atoms with Gasteiger partial charge >= 0.3 is 0 Å². The topological polar surface area (TPSA) is 8.17 Å². The fraction of sp³-hybridized carbons (Fsp3) is 0.288. The van der Waals surface area contributed by atoms with Gasteiger partial charge in [0.2, 0.25) is 0 Å². The molecule has 8 aromatic rings. The van der Waals surface area contributed by atoms with Crippen LogP contribution in [0.5, 0.6) is 0 Å². The van der Waals surface area contributed by atoms with Crippen molar-refractivity contribution >= 4 is 38.9 Å². The van der Waals surface area contributed by atoms with Gasteiger partial charge in [0.25, 0.3) is 0 Å². The van der Waals surface area contributed by atoms with E-state index in [1.165, 1.54) is 137 Å². The number of anilines is 3. The van der Waals surface area contributed by atoms with Crippen molar-refractivity contribution in [1.29, 1.82) is 0 Å². The summed E-state index contributed by atoms with van der Waals surface area (Å²) in [5.41, 5.74) is 19.9. The molecule has 7 aliphatic rings. The molecule has 4 bridgehead atoms. The average molecular weight is 789 g/mol. The van der Waals surface area contributed by atoms with Crippen molar-refractivity contribution in [3.05, 3.63) is 180 Å². The first kappa shape index (κ1) is 34.8. The molecule has 2 spiro atoms. The number of hydrogen-bond donors (Lipinski definition) is 0. The van der Waals surface area contributed by atoms with Crippen LogP contribution in [0.3, 0.4) is 0 Å². The minimum absolute atomic E-state index is 0.0845. The van der Waals surface area contributed by atoms with Crippen molar-refractivity contribution in [2.24, 2.45) is 23.7 Å². The van der Waals surface area contributed by atoms with Gasteiger partial charge in [-0.15, -0.1) is 0 Å². The second kappa shape index (κ2) is 12.8. The Labute approximate surface area is 359 Å². The lowest BCUT2D eigenvalue weighted by Crippen LogP contribution is -2.48. The summed E-state index contributed by atoms with van der Waals surface area (Å²) in [6.45, 7) is 0. The molecule has 1 heterocycles. The molecule has 2 nitrogen and oxygen atoms in total. The molecule has 2 heteroatoms. The maximum Gasteiger partial charge on any atom is 0.0542 e. The highest BCUT2D eigenvalue weighted by molar-refractivity contribution is 6.10. The summed E-state index contributed by atoms with van der Waals surface area (Å²) in [6, 6.07) is 61.4. The van der Waals surface area contributed by atoms with Crippen molar-refractivity contribution in [2.75, 3.05) is 4.90 Å². The number of benzene rings is 7. The van der Waals surface area contributed by atoms with Crippen molar-refractivity contribution in [3.63, 3.8) is 0 Å². The fourth-order valence-corrected chi connectivity index (χ4v) is 15.1. The van der Waals surface area contributed by atoms with Gasteiger partial charge in [0, 0.05) is 44.4 Å². The van der Waals surface area contributed by atoms with Gasteiger partial charge < -0.3 is 9.47 Å². The first-order chi connectivity index (χ1) is 30.2. The summed E-state index contributed by atoms with van der Waals surface area (Å²) < 4.78 is 2.45. The molecule has 0 N–H and O–H groups in total. The van der Waals surface area contributed by atoms with Crippen LogP contribution in [-0.4, -0.2) is 4.57 Å². The number of rotatable bonds is 4. The number of aromatic nitrogens is 1. The molecule has 15 rings (SSSR count). The maximum absolute atomic E-state index is 2.70. The molecule has 5 unspecified atom stereocenters. The fourth-order valence-electron chi connectivity index (χ4n) is 15.1. The molecule has 5 saturated carbocycles. The average Bonchev–Trinajstić information content (AvgIpc) is 3.82. The van der Waals surface area contributed by atoms with Gasteiger partial charge in [0.15, 0.2) is 0 Å². The summed E-state index contributed by atoms with van der Waals surface area (Å²) in [6.07, 6.45) is 14.8. The highest BCUT2D eigenvalue weighted by Gasteiger charge is 2.59. The summed E-state index contributed by atoms with van der Waals surface area (Å²) in [7, 11) is 0. The summed E-state index contributed by atoms with van der Waals surface area (Å²) in [4.78, 5) is 2.65. The van der Waals surface area contributed by atoms with E-state index in [4.69, 9.17) is 0 Å². The van der Waals surface area contributed by atoms with Crippen LogP contribution < -0.4 is 4.90 Å². The van der Waals surface area contributed by atoms with Crippen molar-refractivity contribution in [3.8, 4) is 27.9 Å². The van der Waals surface area contributed by atoms with Gasteiger partial charge in [-0.1, -0.05) is 123 Å². The van der Waals surface area contributed by atoms with Gasteiger partial charge in [-0.2, -0.15) is 0 Å². The zero-order chi connectivity index (χ0) is 39.9. The Morgan fingerprint density at radius 2 is 1.03 bits per heavy atom. The van der Waals surface area contributed by atoms with E-state index in [9.17, 15) is 0 Å². The maximum atomic E-state index is 2.70. The number of nitrogens with zero attached hydrogens (tertiary/aromatic N) is 2. The van der Waals surface area contributed by atoms with Crippen molar-refractivity contribution in [1.82, 2.24) is 4.57 Å². The highest BCUT2D eigenvalue weighted by atomic mass is 15.1. The number of hydrogen-bond acceptors (Lipinski definition) is 1. The van der Waals surface area contributed by atoms with E-state index in [1.54, 1.807) is 22.3 Å². The quantitative estimate of drug-likeness (QED) is 0.172. The Morgan fingerprint density at radius 1 is 0.426 bits per heavy atom. The van der Waals surface area contributed by atoms with E-state index < -0.39 is 0 Å². The van der Waals surface area contributed by atoms with Crippen molar-refractivity contribution in [2.45, 2.75) is 81.5 Å². The van der Waals surface area contributed by atoms with Gasteiger partial charge in [-0.25, -0.2) is 0 Å². The molecule has 0 saturated heterocycles. The molecule has 0 amide bonds. The third-order valence-electron chi connectivity index (χ3n) is 17.2. The van der Waals surface area contributed by atoms with E-state index in [-0.39, 0.29) is 10.8 Å². The van der Waals surface area contributed by atoms with Crippen LogP contribution in [0.1, 0.15) is 92.9 Å². The smallest absolute Gasteiger partial charge is 0.0542 e. The number of para-hydroxylation sites is 2. The second-order valence-corrected chi connectivity index (χ2v) is 19.9. The monoisotopic (exact) mass is 788 g/mol. The molecule has 298 valence electrons. The van der Waals surface area contributed by atoms with Crippen LogP contribution in [0.25, 0.3) is 49.7 Å². The molecular weight excluding hydrogens is 737 g/mol. The lowest BCUT2D eigenvalue weighted by atomic mass is 9.51. The predicted molar refractivity (Wildman–Crippen MR) is 253 cm³/mol. The first-order valence-electron chi connectivity index (χ1n) is 23.6. The summed E-state index contributed by atoms with van der Waals surface area (Å²) in [5, 5.41) is 2.59. The minimum Gasteiger partial charge on any atom is -0.310 e. The van der Waals surface area contributed by atoms with Crippen LogP contribution >= 0.6 is 0 Å². The van der Waals surface area contributed by atoms with E-state index in [2.05, 4.69) is 167 Å². The van der Waals surface area contributed by atoms with Gasteiger partial charge in [0.1, 0.15) is 0 Å². The summed E-state index contributed by atoms with van der Waals surface area (Å²) in [5.74, 6) is 3.23. The zero-order valence-corrected chi connectivity index (χ0v) is 35.0. The molecule has 0 aliphatic heterocycles. The third kappa shape index (κ3) is 4.69. The lowest BCUT2D eigenvalue weighted by molar-refractivity contribution is 0.0618. The van der Waals surface area contributed by atoms with Gasteiger partial charge in [-0.3, -0.25) is 0 Å². The first-order valence-corrected chi connectivity index (χ1v) is 23.6. The van der Waals surface area contributed by atoms with Crippen LogP contribution in [0, 0.1) is 23.7 Å². The van der Waals surface area contributed by atoms with E-state index in [1.807, 2.05) is 0 Å². The highest BCUT2D eigenvalue weighted by Crippen LogP contribution is 2.68. The predicted octanol–water partition coefficient (Wildman–Crippen LogP) is 15.6.